The van der Waals surface area contributed by atoms with Crippen molar-refractivity contribution in [3.63, 3.8) is 0 Å². The molecule has 2 aromatic carbocycles. The van der Waals surface area contributed by atoms with Crippen LogP contribution in [0.2, 0.25) is 0 Å². The predicted octanol–water partition coefficient (Wildman–Crippen LogP) is 4.65. The smallest absolute Gasteiger partial charge is 0.253 e. The van der Waals surface area contributed by atoms with Gasteiger partial charge >= 0.3 is 0 Å². The Kier molecular flexibility index (Phi) is 5.91. The molecule has 2 heterocycles. The fourth-order valence-electron chi connectivity index (χ4n) is 4.82. The number of benzene rings is 2. The molecule has 0 saturated carbocycles. The number of nitrogens with zero attached hydrogens (tertiary/aromatic N) is 1. The summed E-state index contributed by atoms with van der Waals surface area (Å²) >= 11 is 0. The van der Waals surface area contributed by atoms with Crippen LogP contribution in [0.4, 0.5) is 0 Å². The number of likely N-dealkylation sites (tertiary alicyclic amines) is 1. The molecule has 1 amide bonds. The van der Waals surface area contributed by atoms with Crippen LogP contribution in [0.1, 0.15) is 47.2 Å². The lowest BCUT2D eigenvalue weighted by Crippen LogP contribution is -2.51. The maximum Gasteiger partial charge on any atom is 0.253 e. The summed E-state index contributed by atoms with van der Waals surface area (Å²) < 4.78 is 11.6. The molecule has 0 unspecified atom stereocenters. The second-order valence-corrected chi connectivity index (χ2v) is 8.60. The first-order valence-corrected chi connectivity index (χ1v) is 10.7. The average Bonchev–Trinajstić information content (AvgIpc) is 2.74. The standard InChI is InChI=1S/C25H31NO3/c1-19-4-3-5-22(16-19)24(27)26-13-11-25(12-14-26)18-21(10-15-29-25)17-20-6-8-23(28-2)9-7-20/h3-9,16,21H,10-15,17-18H2,1-2H3/t21-/m1/s1. The second-order valence-electron chi connectivity index (χ2n) is 8.60. The van der Waals surface area contributed by atoms with E-state index in [1.807, 2.05) is 48.2 Å². The van der Waals surface area contributed by atoms with Gasteiger partial charge in [0.15, 0.2) is 0 Å². The minimum Gasteiger partial charge on any atom is -0.497 e. The number of rotatable bonds is 4. The molecule has 2 saturated heterocycles. The topological polar surface area (TPSA) is 38.8 Å². The van der Waals surface area contributed by atoms with Gasteiger partial charge in [0.25, 0.3) is 5.91 Å². The van der Waals surface area contributed by atoms with E-state index < -0.39 is 0 Å². The number of piperidine rings is 1. The summed E-state index contributed by atoms with van der Waals surface area (Å²) in [7, 11) is 1.70. The van der Waals surface area contributed by atoms with Crippen molar-refractivity contribution < 1.29 is 14.3 Å². The van der Waals surface area contributed by atoms with E-state index in [0.717, 1.165) is 68.7 Å². The highest BCUT2D eigenvalue weighted by Crippen LogP contribution is 2.39. The zero-order valence-corrected chi connectivity index (χ0v) is 17.5. The fourth-order valence-corrected chi connectivity index (χ4v) is 4.82. The molecule has 2 aliphatic rings. The van der Waals surface area contributed by atoms with Gasteiger partial charge in [-0.3, -0.25) is 4.79 Å². The average molecular weight is 394 g/mol. The zero-order valence-electron chi connectivity index (χ0n) is 17.5. The largest absolute Gasteiger partial charge is 0.497 e. The molecule has 0 aliphatic carbocycles. The van der Waals surface area contributed by atoms with Gasteiger partial charge in [-0.15, -0.1) is 0 Å². The number of ether oxygens (including phenoxy) is 2. The van der Waals surface area contributed by atoms with E-state index in [4.69, 9.17) is 9.47 Å². The molecule has 2 aromatic rings. The molecule has 0 N–H and O–H groups in total. The minimum atomic E-state index is -0.0568. The van der Waals surface area contributed by atoms with Crippen LogP contribution in [0.15, 0.2) is 48.5 Å². The van der Waals surface area contributed by atoms with E-state index in [0.29, 0.717) is 5.92 Å². The molecule has 4 heteroatoms. The summed E-state index contributed by atoms with van der Waals surface area (Å²) in [5.74, 6) is 1.69. The first-order valence-electron chi connectivity index (χ1n) is 10.7. The number of carbonyl (C=O) groups is 1. The SMILES string of the molecule is COc1ccc(C[C@H]2CCOC3(CCN(C(=O)c4cccc(C)c4)CC3)C2)cc1. The van der Waals surface area contributed by atoms with Crippen LogP contribution in [0.25, 0.3) is 0 Å². The molecule has 29 heavy (non-hydrogen) atoms. The fraction of sp³-hybridized carbons (Fsp3) is 0.480. The lowest BCUT2D eigenvalue weighted by atomic mass is 9.77. The molecule has 2 fully saturated rings. The predicted molar refractivity (Wildman–Crippen MR) is 114 cm³/mol. The minimum absolute atomic E-state index is 0.0568. The van der Waals surface area contributed by atoms with E-state index in [9.17, 15) is 4.79 Å². The third kappa shape index (κ3) is 4.64. The Hall–Kier alpha value is -2.33. The third-order valence-corrected chi connectivity index (χ3v) is 6.51. The number of methoxy groups -OCH3 is 1. The van der Waals surface area contributed by atoms with Crippen LogP contribution in [-0.2, 0) is 11.2 Å². The molecule has 2 aliphatic heterocycles. The summed E-state index contributed by atoms with van der Waals surface area (Å²) in [6.07, 6.45) is 5.15. The van der Waals surface area contributed by atoms with Crippen LogP contribution in [0.5, 0.6) is 5.75 Å². The quantitative estimate of drug-likeness (QED) is 0.759. The van der Waals surface area contributed by atoms with Gasteiger partial charge in [-0.1, -0.05) is 29.8 Å². The molecule has 1 spiro atoms. The van der Waals surface area contributed by atoms with Crippen LogP contribution < -0.4 is 4.74 Å². The summed E-state index contributed by atoms with van der Waals surface area (Å²) in [4.78, 5) is 14.9. The van der Waals surface area contributed by atoms with Gasteiger partial charge in [0.1, 0.15) is 5.75 Å². The Morgan fingerprint density at radius 3 is 2.62 bits per heavy atom. The van der Waals surface area contributed by atoms with Crippen LogP contribution >= 0.6 is 0 Å². The van der Waals surface area contributed by atoms with Crippen molar-refractivity contribution in [3.05, 3.63) is 65.2 Å². The highest BCUT2D eigenvalue weighted by molar-refractivity contribution is 5.94. The molecule has 4 nitrogen and oxygen atoms in total. The first kappa shape index (κ1) is 20.0. The Morgan fingerprint density at radius 2 is 1.93 bits per heavy atom. The van der Waals surface area contributed by atoms with Gasteiger partial charge < -0.3 is 14.4 Å². The van der Waals surface area contributed by atoms with Crippen molar-refractivity contribution >= 4 is 5.91 Å². The molecule has 0 aromatic heterocycles. The lowest BCUT2D eigenvalue weighted by Gasteiger charge is -2.46. The summed E-state index contributed by atoms with van der Waals surface area (Å²) in [6.45, 7) is 4.41. The molecular weight excluding hydrogens is 362 g/mol. The van der Waals surface area contributed by atoms with Crippen molar-refractivity contribution in [2.75, 3.05) is 26.8 Å². The number of hydrogen-bond donors (Lipinski definition) is 0. The highest BCUT2D eigenvalue weighted by atomic mass is 16.5. The van der Waals surface area contributed by atoms with Crippen molar-refractivity contribution in [2.24, 2.45) is 5.92 Å². The van der Waals surface area contributed by atoms with Gasteiger partial charge in [-0.2, -0.15) is 0 Å². The van der Waals surface area contributed by atoms with Gasteiger partial charge in [-0.05, 0) is 74.8 Å². The highest BCUT2D eigenvalue weighted by Gasteiger charge is 2.41. The molecule has 4 rings (SSSR count). The van der Waals surface area contributed by atoms with Crippen molar-refractivity contribution in [1.29, 1.82) is 0 Å². The number of carbonyl (C=O) groups excluding carboxylic acids is 1. The number of aryl methyl sites for hydroxylation is 1. The Balaban J connectivity index is 1.35. The lowest BCUT2D eigenvalue weighted by molar-refractivity contribution is -0.123. The van der Waals surface area contributed by atoms with Gasteiger partial charge in [0.2, 0.25) is 0 Å². The first-order chi connectivity index (χ1) is 14.1. The number of amides is 1. The van der Waals surface area contributed by atoms with E-state index in [1.54, 1.807) is 7.11 Å². The second kappa shape index (κ2) is 8.58. The Morgan fingerprint density at radius 1 is 1.17 bits per heavy atom. The van der Waals surface area contributed by atoms with Gasteiger partial charge in [0.05, 0.1) is 12.7 Å². The molecule has 154 valence electrons. The van der Waals surface area contributed by atoms with Gasteiger partial charge in [0, 0.05) is 25.3 Å². The van der Waals surface area contributed by atoms with Gasteiger partial charge in [-0.25, -0.2) is 0 Å². The number of hydrogen-bond acceptors (Lipinski definition) is 3. The third-order valence-electron chi connectivity index (χ3n) is 6.51. The van der Waals surface area contributed by atoms with Crippen molar-refractivity contribution in [2.45, 2.75) is 44.6 Å². The maximum atomic E-state index is 12.9. The maximum absolute atomic E-state index is 12.9. The van der Waals surface area contributed by atoms with Crippen LogP contribution in [-0.4, -0.2) is 43.2 Å². The zero-order chi connectivity index (χ0) is 20.3. The normalized spacial score (nSPS) is 21.2. The Bertz CT molecular complexity index is 837. The van der Waals surface area contributed by atoms with Crippen LogP contribution in [0.3, 0.4) is 0 Å². The van der Waals surface area contributed by atoms with Crippen molar-refractivity contribution in [3.8, 4) is 5.75 Å². The molecule has 0 radical (unpaired) electrons. The summed E-state index contributed by atoms with van der Waals surface area (Å²) in [5.41, 5.74) is 3.22. The van der Waals surface area contributed by atoms with Crippen molar-refractivity contribution in [1.82, 2.24) is 4.90 Å². The molecular formula is C25H31NO3. The summed E-state index contributed by atoms with van der Waals surface area (Å²) in [6, 6.07) is 16.3. The monoisotopic (exact) mass is 393 g/mol. The van der Waals surface area contributed by atoms with E-state index in [-0.39, 0.29) is 11.5 Å². The van der Waals surface area contributed by atoms with Crippen LogP contribution in [0, 0.1) is 12.8 Å². The van der Waals surface area contributed by atoms with E-state index in [1.165, 1.54) is 5.56 Å². The Labute approximate surface area is 173 Å². The molecule has 0 bridgehead atoms. The summed E-state index contributed by atoms with van der Waals surface area (Å²) in [5, 5.41) is 0. The molecule has 1 atom stereocenters. The van der Waals surface area contributed by atoms with E-state index >= 15 is 0 Å². The van der Waals surface area contributed by atoms with E-state index in [2.05, 4.69) is 12.1 Å².